The molecule has 0 unspecified atom stereocenters. The van der Waals surface area contributed by atoms with Crippen LogP contribution in [0.1, 0.15) is 5.56 Å². The zero-order valence-electron chi connectivity index (χ0n) is 10.6. The highest BCUT2D eigenvalue weighted by molar-refractivity contribution is 9.10. The van der Waals surface area contributed by atoms with Gasteiger partial charge in [0, 0.05) is 12.1 Å². The van der Waals surface area contributed by atoms with Crippen molar-refractivity contribution in [2.24, 2.45) is 0 Å². The lowest BCUT2D eigenvalue weighted by molar-refractivity contribution is 0.411. The van der Waals surface area contributed by atoms with Crippen molar-refractivity contribution in [3.05, 3.63) is 34.4 Å². The Kier molecular flexibility index (Phi) is 4.31. The minimum Gasteiger partial charge on any atom is -0.496 e. The smallest absolute Gasteiger partial charge is 0.240 e. The summed E-state index contributed by atoms with van der Waals surface area (Å²) in [7, 11) is -2.13. The number of halogens is 1. The Bertz CT molecular complexity index is 714. The molecule has 0 bridgehead atoms. The summed E-state index contributed by atoms with van der Waals surface area (Å²) in [5, 5.41) is 6.26. The van der Waals surface area contributed by atoms with Gasteiger partial charge >= 0.3 is 0 Å². The summed E-state index contributed by atoms with van der Waals surface area (Å²) >= 11 is 3.25. The second-order valence-electron chi connectivity index (χ2n) is 3.93. The first-order valence-electron chi connectivity index (χ1n) is 5.55. The number of nitrogens with two attached hydrogens (primary N) is 1. The molecule has 2 rings (SSSR count). The van der Waals surface area contributed by atoms with Crippen LogP contribution in [-0.2, 0) is 16.6 Å². The van der Waals surface area contributed by atoms with Crippen LogP contribution in [0.3, 0.4) is 0 Å². The number of sulfonamides is 1. The van der Waals surface area contributed by atoms with Gasteiger partial charge in [-0.25, -0.2) is 13.1 Å². The first kappa shape index (κ1) is 14.8. The molecule has 1 aromatic heterocycles. The molecule has 0 aliphatic rings. The molecule has 0 amide bonds. The third kappa shape index (κ3) is 3.11. The van der Waals surface area contributed by atoms with Crippen molar-refractivity contribution in [3.63, 3.8) is 0 Å². The molecule has 2 aromatic rings. The second-order valence-corrected chi connectivity index (χ2v) is 6.55. The van der Waals surface area contributed by atoms with Crippen LogP contribution < -0.4 is 15.2 Å². The minimum atomic E-state index is -3.63. The molecule has 0 saturated carbocycles. The predicted molar refractivity (Wildman–Crippen MR) is 77.7 cm³/mol. The number of rotatable bonds is 5. The summed E-state index contributed by atoms with van der Waals surface area (Å²) in [5.74, 6) is 0.895. The molecule has 4 N–H and O–H groups in total. The van der Waals surface area contributed by atoms with Gasteiger partial charge in [0.1, 0.15) is 11.6 Å². The van der Waals surface area contributed by atoms with Crippen LogP contribution in [0, 0.1) is 0 Å². The normalized spacial score (nSPS) is 11.5. The fraction of sp³-hybridized carbons (Fsp3) is 0.182. The third-order valence-electron chi connectivity index (χ3n) is 2.64. The number of nitrogens with zero attached hydrogens (tertiary/aromatic N) is 1. The largest absolute Gasteiger partial charge is 0.496 e. The number of ether oxygens (including phenoxy) is 1. The van der Waals surface area contributed by atoms with E-state index in [1.165, 1.54) is 25.4 Å². The molecule has 9 heteroatoms. The number of aromatic amines is 1. The molecule has 0 aliphatic heterocycles. The molecule has 0 spiro atoms. The molecular weight excluding hydrogens is 348 g/mol. The average Bonchev–Trinajstić information content (AvgIpc) is 2.82. The monoisotopic (exact) mass is 360 g/mol. The molecule has 20 heavy (non-hydrogen) atoms. The number of H-pyrrole nitrogens is 1. The van der Waals surface area contributed by atoms with Crippen LogP contribution in [0.25, 0.3) is 0 Å². The summed E-state index contributed by atoms with van der Waals surface area (Å²) < 4.78 is 32.4. The van der Waals surface area contributed by atoms with Crippen LogP contribution in [0.4, 0.5) is 5.82 Å². The van der Waals surface area contributed by atoms with Crippen molar-refractivity contribution in [1.82, 2.24) is 14.9 Å². The molecule has 0 radical (unpaired) electrons. The van der Waals surface area contributed by atoms with E-state index in [1.807, 2.05) is 0 Å². The number of hydrogen-bond acceptors (Lipinski definition) is 5. The minimum absolute atomic E-state index is 0.0638. The lowest BCUT2D eigenvalue weighted by Gasteiger charge is -2.08. The topological polar surface area (TPSA) is 110 Å². The Morgan fingerprint density at radius 1 is 1.50 bits per heavy atom. The van der Waals surface area contributed by atoms with Crippen molar-refractivity contribution in [2.45, 2.75) is 11.4 Å². The van der Waals surface area contributed by atoms with E-state index in [0.29, 0.717) is 21.6 Å². The van der Waals surface area contributed by atoms with Gasteiger partial charge < -0.3 is 10.5 Å². The Hall–Kier alpha value is -1.58. The Balaban J connectivity index is 2.18. The van der Waals surface area contributed by atoms with Crippen LogP contribution >= 0.6 is 15.9 Å². The van der Waals surface area contributed by atoms with Gasteiger partial charge in [-0.1, -0.05) is 0 Å². The number of anilines is 1. The second kappa shape index (κ2) is 5.81. The van der Waals surface area contributed by atoms with Gasteiger partial charge in [0.05, 0.1) is 22.7 Å². The Morgan fingerprint density at radius 2 is 2.25 bits per heavy atom. The maximum Gasteiger partial charge on any atom is 0.240 e. The van der Waals surface area contributed by atoms with Crippen LogP contribution in [0.5, 0.6) is 5.75 Å². The number of hydrogen-bond donors (Lipinski definition) is 3. The van der Waals surface area contributed by atoms with E-state index < -0.39 is 10.0 Å². The summed E-state index contributed by atoms with van der Waals surface area (Å²) in [4.78, 5) is 0.132. The highest BCUT2D eigenvalue weighted by atomic mass is 79.9. The molecule has 0 atom stereocenters. The van der Waals surface area contributed by atoms with Crippen molar-refractivity contribution in [3.8, 4) is 5.75 Å². The fourth-order valence-corrected chi connectivity index (χ4v) is 3.26. The Labute approximate surface area is 124 Å². The van der Waals surface area contributed by atoms with E-state index in [-0.39, 0.29) is 11.4 Å². The molecule has 7 nitrogen and oxygen atoms in total. The predicted octanol–water partition coefficient (Wildman–Crippen LogP) is 1.24. The molecule has 0 fully saturated rings. The highest BCUT2D eigenvalue weighted by Gasteiger charge is 2.16. The molecule has 0 saturated heterocycles. The summed E-state index contributed by atoms with van der Waals surface area (Å²) in [6, 6.07) is 4.51. The van der Waals surface area contributed by atoms with Crippen molar-refractivity contribution in [2.75, 3.05) is 12.8 Å². The molecule has 1 heterocycles. The van der Waals surface area contributed by atoms with E-state index in [4.69, 9.17) is 10.5 Å². The van der Waals surface area contributed by atoms with Crippen LogP contribution in [-0.4, -0.2) is 25.7 Å². The summed E-state index contributed by atoms with van der Waals surface area (Å²) in [6.07, 6.45) is 1.47. The van der Waals surface area contributed by atoms with Gasteiger partial charge in [0.15, 0.2) is 0 Å². The molecular formula is C11H13BrN4O3S. The quantitative estimate of drug-likeness (QED) is 0.742. The summed E-state index contributed by atoms with van der Waals surface area (Å²) in [6.45, 7) is 0.0638. The number of benzene rings is 1. The van der Waals surface area contributed by atoms with Gasteiger partial charge in [-0.05, 0) is 34.1 Å². The Morgan fingerprint density at radius 3 is 2.80 bits per heavy atom. The summed E-state index contributed by atoms with van der Waals surface area (Å²) in [5.41, 5.74) is 6.18. The van der Waals surface area contributed by atoms with Gasteiger partial charge in [0.25, 0.3) is 0 Å². The number of aromatic nitrogens is 2. The maximum atomic E-state index is 12.1. The van der Waals surface area contributed by atoms with Gasteiger partial charge in [-0.2, -0.15) is 5.10 Å². The van der Waals surface area contributed by atoms with Gasteiger partial charge in [-0.15, -0.1) is 0 Å². The number of methoxy groups -OCH3 is 1. The zero-order valence-corrected chi connectivity index (χ0v) is 13.0. The third-order valence-corrected chi connectivity index (χ3v) is 4.66. The first-order chi connectivity index (χ1) is 9.44. The van der Waals surface area contributed by atoms with E-state index in [1.54, 1.807) is 6.07 Å². The van der Waals surface area contributed by atoms with E-state index in [2.05, 4.69) is 30.8 Å². The number of nitrogens with one attached hydrogen (secondary N) is 2. The first-order valence-corrected chi connectivity index (χ1v) is 7.82. The number of nitrogen functional groups attached to an aromatic ring is 1. The van der Waals surface area contributed by atoms with E-state index >= 15 is 0 Å². The van der Waals surface area contributed by atoms with E-state index in [9.17, 15) is 8.42 Å². The lowest BCUT2D eigenvalue weighted by Crippen LogP contribution is -2.23. The molecule has 108 valence electrons. The van der Waals surface area contributed by atoms with Crippen LogP contribution in [0.15, 0.2) is 33.8 Å². The van der Waals surface area contributed by atoms with Gasteiger partial charge in [-0.3, -0.25) is 5.10 Å². The maximum absolute atomic E-state index is 12.1. The van der Waals surface area contributed by atoms with Crippen LogP contribution in [0.2, 0.25) is 0 Å². The molecule has 1 aromatic carbocycles. The fourth-order valence-electron chi connectivity index (χ4n) is 1.53. The van der Waals surface area contributed by atoms with Crippen molar-refractivity contribution >= 4 is 31.8 Å². The van der Waals surface area contributed by atoms with Crippen molar-refractivity contribution in [1.29, 1.82) is 0 Å². The van der Waals surface area contributed by atoms with Gasteiger partial charge in [0.2, 0.25) is 10.0 Å². The highest BCUT2D eigenvalue weighted by Crippen LogP contribution is 2.27. The average molecular weight is 361 g/mol. The zero-order chi connectivity index (χ0) is 14.8. The standard InChI is InChI=1S/C11H13BrN4O3S/c1-19-10-3-2-8(4-9(10)12)20(17,18)15-6-7-5-14-16-11(7)13/h2-5,15H,6H2,1H3,(H3,13,14,16). The lowest BCUT2D eigenvalue weighted by atomic mass is 10.3. The molecule has 0 aliphatic carbocycles. The van der Waals surface area contributed by atoms with E-state index in [0.717, 1.165) is 0 Å². The SMILES string of the molecule is COc1ccc(S(=O)(=O)NCc2cn[nH]c2N)cc1Br. The van der Waals surface area contributed by atoms with Crippen molar-refractivity contribution < 1.29 is 13.2 Å².